The van der Waals surface area contributed by atoms with Gasteiger partial charge in [-0.25, -0.2) is 4.79 Å². The fourth-order valence-electron chi connectivity index (χ4n) is 4.19. The second-order valence-electron chi connectivity index (χ2n) is 8.12. The average Bonchev–Trinajstić information content (AvgIpc) is 3.17. The number of hydrogen-bond acceptors (Lipinski definition) is 7. The third-order valence-electron chi connectivity index (χ3n) is 6.02. The van der Waals surface area contributed by atoms with Gasteiger partial charge in [0.25, 0.3) is 11.7 Å². The van der Waals surface area contributed by atoms with Crippen molar-refractivity contribution in [3.63, 3.8) is 0 Å². The number of amides is 1. The molecule has 3 aromatic carbocycles. The largest absolute Gasteiger partial charge is 0.507 e. The Labute approximate surface area is 208 Å². The van der Waals surface area contributed by atoms with Crippen molar-refractivity contribution in [1.29, 1.82) is 0 Å². The number of methoxy groups -OCH3 is 3. The molecule has 1 amide bonds. The summed E-state index contributed by atoms with van der Waals surface area (Å²) in [5.74, 6) is -1.28. The fraction of sp³-hybridized carbons (Fsp3) is 0.179. The van der Waals surface area contributed by atoms with Gasteiger partial charge in [0.05, 0.1) is 38.5 Å². The SMILES string of the molecule is COC(=O)c1ccc(CN2C(=O)C(=O)/C(=C(/O)c3cccc(OC)c3)C2c2cccc(OC)c2)cc1. The van der Waals surface area contributed by atoms with E-state index < -0.39 is 23.7 Å². The van der Waals surface area contributed by atoms with Crippen LogP contribution >= 0.6 is 0 Å². The third-order valence-corrected chi connectivity index (χ3v) is 6.02. The molecule has 1 heterocycles. The van der Waals surface area contributed by atoms with Gasteiger partial charge in [-0.15, -0.1) is 0 Å². The summed E-state index contributed by atoms with van der Waals surface area (Å²) in [7, 11) is 4.32. The van der Waals surface area contributed by atoms with Crippen LogP contribution in [-0.4, -0.2) is 49.0 Å². The molecule has 0 bridgehead atoms. The van der Waals surface area contributed by atoms with Crippen molar-refractivity contribution in [3.8, 4) is 11.5 Å². The molecule has 8 nitrogen and oxygen atoms in total. The van der Waals surface area contributed by atoms with Crippen molar-refractivity contribution in [2.75, 3.05) is 21.3 Å². The molecule has 1 unspecified atom stereocenters. The topological polar surface area (TPSA) is 102 Å². The van der Waals surface area contributed by atoms with E-state index in [0.29, 0.717) is 33.8 Å². The van der Waals surface area contributed by atoms with Gasteiger partial charge in [-0.3, -0.25) is 9.59 Å². The van der Waals surface area contributed by atoms with E-state index in [1.165, 1.54) is 26.2 Å². The number of rotatable bonds is 7. The molecule has 0 aliphatic carbocycles. The van der Waals surface area contributed by atoms with Crippen LogP contribution in [0, 0.1) is 0 Å². The van der Waals surface area contributed by atoms with Crippen LogP contribution in [0.25, 0.3) is 5.76 Å². The Balaban J connectivity index is 1.82. The number of ether oxygens (including phenoxy) is 3. The smallest absolute Gasteiger partial charge is 0.337 e. The maximum atomic E-state index is 13.3. The van der Waals surface area contributed by atoms with Crippen molar-refractivity contribution in [1.82, 2.24) is 4.90 Å². The third kappa shape index (κ3) is 4.65. The van der Waals surface area contributed by atoms with Crippen molar-refractivity contribution >= 4 is 23.4 Å². The first-order chi connectivity index (χ1) is 17.4. The lowest BCUT2D eigenvalue weighted by Gasteiger charge is -2.26. The van der Waals surface area contributed by atoms with E-state index in [2.05, 4.69) is 0 Å². The minimum Gasteiger partial charge on any atom is -0.507 e. The predicted octanol–water partition coefficient (Wildman–Crippen LogP) is 4.11. The lowest BCUT2D eigenvalue weighted by atomic mass is 9.95. The lowest BCUT2D eigenvalue weighted by molar-refractivity contribution is -0.140. The predicted molar refractivity (Wildman–Crippen MR) is 132 cm³/mol. The minimum absolute atomic E-state index is 0.0345. The maximum absolute atomic E-state index is 13.3. The number of Topliss-reactive ketones (excluding diaryl/α,β-unsaturated/α-hetero) is 1. The summed E-state index contributed by atoms with van der Waals surface area (Å²) in [5.41, 5.74) is 1.98. The number of aliphatic hydroxyl groups excluding tert-OH is 1. The first kappa shape index (κ1) is 24.5. The van der Waals surface area contributed by atoms with Gasteiger partial charge in [-0.2, -0.15) is 0 Å². The zero-order valence-corrected chi connectivity index (χ0v) is 20.1. The molecule has 4 rings (SSSR count). The molecule has 1 aliphatic heterocycles. The van der Waals surface area contributed by atoms with E-state index in [4.69, 9.17) is 14.2 Å². The summed E-state index contributed by atoms with van der Waals surface area (Å²) in [6.07, 6.45) is 0. The van der Waals surface area contributed by atoms with E-state index in [1.54, 1.807) is 72.8 Å². The Morgan fingerprint density at radius 2 is 1.50 bits per heavy atom. The second-order valence-corrected chi connectivity index (χ2v) is 8.12. The number of aliphatic hydroxyl groups is 1. The summed E-state index contributed by atoms with van der Waals surface area (Å²) in [6.45, 7) is 0.0722. The number of carbonyl (C=O) groups is 3. The van der Waals surface area contributed by atoms with Crippen LogP contribution in [0.2, 0.25) is 0 Å². The Hall–Kier alpha value is -4.59. The molecule has 1 atom stereocenters. The molecule has 0 saturated carbocycles. The monoisotopic (exact) mass is 487 g/mol. The van der Waals surface area contributed by atoms with Gasteiger partial charge in [0, 0.05) is 12.1 Å². The van der Waals surface area contributed by atoms with Crippen molar-refractivity contribution < 1.29 is 33.7 Å². The fourth-order valence-corrected chi connectivity index (χ4v) is 4.19. The number of hydrogen-bond donors (Lipinski definition) is 1. The van der Waals surface area contributed by atoms with Crippen molar-refractivity contribution in [2.45, 2.75) is 12.6 Å². The molecule has 184 valence electrons. The van der Waals surface area contributed by atoms with Gasteiger partial charge in [0.15, 0.2) is 0 Å². The minimum atomic E-state index is -0.869. The summed E-state index contributed by atoms with van der Waals surface area (Å²) >= 11 is 0. The standard InChI is InChI=1S/C28H25NO7/c1-34-21-8-4-6-19(14-21)24-23(25(30)20-7-5-9-22(15-20)35-2)26(31)27(32)29(24)16-17-10-12-18(13-11-17)28(33)36-3/h4-15,24,30H,16H2,1-3H3/b25-23+. The Bertz CT molecular complexity index is 1340. The Morgan fingerprint density at radius 1 is 0.861 bits per heavy atom. The summed E-state index contributed by atoms with van der Waals surface area (Å²) < 4.78 is 15.3. The highest BCUT2D eigenvalue weighted by Crippen LogP contribution is 2.41. The molecule has 1 aliphatic rings. The highest BCUT2D eigenvalue weighted by atomic mass is 16.5. The lowest BCUT2D eigenvalue weighted by Crippen LogP contribution is -2.29. The van der Waals surface area contributed by atoms with Gasteiger partial charge in [0.1, 0.15) is 17.3 Å². The number of likely N-dealkylation sites (tertiary alicyclic amines) is 1. The normalized spacial score (nSPS) is 16.6. The first-order valence-corrected chi connectivity index (χ1v) is 11.1. The molecular formula is C28H25NO7. The zero-order valence-electron chi connectivity index (χ0n) is 20.1. The van der Waals surface area contributed by atoms with E-state index >= 15 is 0 Å². The Morgan fingerprint density at radius 3 is 2.14 bits per heavy atom. The van der Waals surface area contributed by atoms with Gasteiger partial charge in [0.2, 0.25) is 0 Å². The van der Waals surface area contributed by atoms with Crippen LogP contribution in [-0.2, 0) is 20.9 Å². The number of ketones is 1. The average molecular weight is 488 g/mol. The number of nitrogens with zero attached hydrogens (tertiary/aromatic N) is 1. The van der Waals surface area contributed by atoms with E-state index in [0.717, 1.165) is 0 Å². The molecule has 0 radical (unpaired) electrons. The van der Waals surface area contributed by atoms with Crippen LogP contribution in [0.15, 0.2) is 78.4 Å². The van der Waals surface area contributed by atoms with Gasteiger partial charge in [-0.05, 0) is 47.5 Å². The van der Waals surface area contributed by atoms with E-state index in [-0.39, 0.29) is 17.9 Å². The molecule has 1 fully saturated rings. The van der Waals surface area contributed by atoms with E-state index in [9.17, 15) is 19.5 Å². The number of benzene rings is 3. The quantitative estimate of drug-likeness (QED) is 0.232. The molecule has 0 aromatic heterocycles. The molecule has 1 saturated heterocycles. The van der Waals surface area contributed by atoms with Crippen LogP contribution in [0.5, 0.6) is 11.5 Å². The van der Waals surface area contributed by atoms with Gasteiger partial charge < -0.3 is 24.2 Å². The summed E-state index contributed by atoms with van der Waals surface area (Å²) in [5, 5.41) is 11.2. The van der Waals surface area contributed by atoms with Gasteiger partial charge >= 0.3 is 5.97 Å². The number of esters is 1. The molecule has 36 heavy (non-hydrogen) atoms. The molecular weight excluding hydrogens is 462 g/mol. The zero-order chi connectivity index (χ0) is 25.8. The summed E-state index contributed by atoms with van der Waals surface area (Å²) in [4.78, 5) is 39.7. The number of carbonyl (C=O) groups excluding carboxylic acids is 3. The Kier molecular flexibility index (Phi) is 7.05. The second kappa shape index (κ2) is 10.4. The van der Waals surface area contributed by atoms with Crippen LogP contribution < -0.4 is 9.47 Å². The maximum Gasteiger partial charge on any atom is 0.337 e. The van der Waals surface area contributed by atoms with Crippen LogP contribution in [0.3, 0.4) is 0 Å². The van der Waals surface area contributed by atoms with Crippen molar-refractivity contribution in [3.05, 3.63) is 101 Å². The van der Waals surface area contributed by atoms with Crippen LogP contribution in [0.1, 0.15) is 33.1 Å². The van der Waals surface area contributed by atoms with Crippen molar-refractivity contribution in [2.24, 2.45) is 0 Å². The molecule has 8 heteroatoms. The molecule has 0 spiro atoms. The molecule has 1 N–H and O–H groups in total. The highest BCUT2D eigenvalue weighted by molar-refractivity contribution is 6.46. The first-order valence-electron chi connectivity index (χ1n) is 11.1. The highest BCUT2D eigenvalue weighted by Gasteiger charge is 2.46. The van der Waals surface area contributed by atoms with Gasteiger partial charge in [-0.1, -0.05) is 36.4 Å². The van der Waals surface area contributed by atoms with Crippen LogP contribution in [0.4, 0.5) is 0 Å². The summed E-state index contributed by atoms with van der Waals surface area (Å²) in [6, 6.07) is 19.3. The molecule has 3 aromatic rings. The van der Waals surface area contributed by atoms with E-state index in [1.807, 2.05) is 0 Å².